The highest BCUT2D eigenvalue weighted by Crippen LogP contribution is 2.27. The normalized spacial score (nSPS) is 12.3. The minimum Gasteiger partial charge on any atom is -0.411 e. The topological polar surface area (TPSA) is 87.3 Å². The number of fused-ring (bicyclic) bond motifs is 1. The van der Waals surface area contributed by atoms with Crippen LogP contribution in [0.5, 0.6) is 0 Å². The van der Waals surface area contributed by atoms with Crippen LogP contribution in [-0.2, 0) is 5.54 Å². The summed E-state index contributed by atoms with van der Waals surface area (Å²) in [4.78, 5) is 0. The van der Waals surface area contributed by atoms with Crippen molar-refractivity contribution in [1.29, 1.82) is 0 Å². The van der Waals surface area contributed by atoms with Crippen molar-refractivity contribution in [2.24, 2.45) is 10.9 Å². The number of hydrogen-bond acceptors (Lipinski definition) is 4. The van der Waals surface area contributed by atoms with E-state index in [0.717, 1.165) is 27.6 Å². The van der Waals surface area contributed by atoms with E-state index in [2.05, 4.69) is 27.5 Å². The van der Waals surface area contributed by atoms with Crippen LogP contribution in [0, 0.1) is 0 Å². The van der Waals surface area contributed by atoms with E-state index in [1.165, 1.54) is 6.21 Å². The fourth-order valence-electron chi connectivity index (χ4n) is 2.46. The lowest BCUT2D eigenvalue weighted by Gasteiger charge is -2.19. The van der Waals surface area contributed by atoms with Crippen molar-refractivity contribution in [2.75, 3.05) is 0 Å². The molecule has 0 unspecified atom stereocenters. The van der Waals surface area contributed by atoms with E-state index >= 15 is 0 Å². The molecule has 0 fully saturated rings. The number of H-pyrrole nitrogens is 1. The van der Waals surface area contributed by atoms with E-state index in [0.29, 0.717) is 5.69 Å². The highest BCUT2D eigenvalue weighted by Gasteiger charge is 2.13. The third-order valence-corrected chi connectivity index (χ3v) is 3.73. The Morgan fingerprint density at radius 2 is 1.82 bits per heavy atom. The molecule has 4 N–H and O–H groups in total. The Balaban J connectivity index is 2.04. The van der Waals surface area contributed by atoms with E-state index in [-0.39, 0.29) is 5.54 Å². The standard InChI is InChI=1S/C17H18N4O/c1-17(2,18)13-6-3-11(4-7-13)12-5-8-15-14(9-12)16(10-19-22)21-20-15/h3-10,22H,18H2,1-2H3,(H,20,21)/b19-10-. The Labute approximate surface area is 128 Å². The van der Waals surface area contributed by atoms with Crippen molar-refractivity contribution < 1.29 is 5.21 Å². The van der Waals surface area contributed by atoms with Crippen LogP contribution in [0.2, 0.25) is 0 Å². The maximum atomic E-state index is 8.70. The van der Waals surface area contributed by atoms with Gasteiger partial charge in [-0.05, 0) is 42.7 Å². The van der Waals surface area contributed by atoms with Crippen molar-refractivity contribution in [3.8, 4) is 11.1 Å². The summed E-state index contributed by atoms with van der Waals surface area (Å²) in [5, 5.41) is 19.7. The lowest BCUT2D eigenvalue weighted by molar-refractivity contribution is 0.321. The zero-order valence-electron chi connectivity index (χ0n) is 12.5. The largest absolute Gasteiger partial charge is 0.411 e. The molecule has 3 aromatic rings. The second kappa shape index (κ2) is 5.27. The molecule has 0 radical (unpaired) electrons. The fraction of sp³-hybridized carbons (Fsp3) is 0.176. The molecule has 0 saturated carbocycles. The number of hydrogen-bond donors (Lipinski definition) is 3. The maximum Gasteiger partial charge on any atom is 0.0928 e. The van der Waals surface area contributed by atoms with Crippen LogP contribution in [0.25, 0.3) is 22.0 Å². The first-order chi connectivity index (χ1) is 10.5. The summed E-state index contributed by atoms with van der Waals surface area (Å²) < 4.78 is 0. The molecular weight excluding hydrogens is 276 g/mol. The van der Waals surface area contributed by atoms with Gasteiger partial charge in [-0.3, -0.25) is 5.10 Å². The second-order valence-corrected chi connectivity index (χ2v) is 5.91. The predicted octanol–water partition coefficient (Wildman–Crippen LogP) is 3.23. The van der Waals surface area contributed by atoms with Gasteiger partial charge in [0.2, 0.25) is 0 Å². The van der Waals surface area contributed by atoms with Crippen molar-refractivity contribution >= 4 is 17.1 Å². The number of benzene rings is 2. The summed E-state index contributed by atoms with van der Waals surface area (Å²) in [5.74, 6) is 0. The average Bonchev–Trinajstić information content (AvgIpc) is 2.89. The molecule has 1 heterocycles. The van der Waals surface area contributed by atoms with E-state index in [1.807, 2.05) is 44.2 Å². The molecule has 0 aliphatic heterocycles. The molecular formula is C17H18N4O. The zero-order valence-corrected chi connectivity index (χ0v) is 12.5. The van der Waals surface area contributed by atoms with Crippen LogP contribution in [-0.4, -0.2) is 21.6 Å². The number of aromatic amines is 1. The second-order valence-electron chi connectivity index (χ2n) is 5.91. The van der Waals surface area contributed by atoms with Gasteiger partial charge >= 0.3 is 0 Å². The zero-order chi connectivity index (χ0) is 15.7. The molecule has 5 nitrogen and oxygen atoms in total. The lowest BCUT2D eigenvalue weighted by Crippen LogP contribution is -2.28. The third kappa shape index (κ3) is 2.58. The van der Waals surface area contributed by atoms with Crippen molar-refractivity contribution in [1.82, 2.24) is 10.2 Å². The number of aromatic nitrogens is 2. The predicted molar refractivity (Wildman–Crippen MR) is 88.1 cm³/mol. The monoisotopic (exact) mass is 294 g/mol. The van der Waals surface area contributed by atoms with Gasteiger partial charge in [0, 0.05) is 10.9 Å². The quantitative estimate of drug-likeness (QED) is 0.394. The molecule has 0 spiro atoms. The van der Waals surface area contributed by atoms with Gasteiger partial charge in [-0.25, -0.2) is 0 Å². The van der Waals surface area contributed by atoms with Crippen molar-refractivity contribution in [3.63, 3.8) is 0 Å². The number of rotatable bonds is 3. The lowest BCUT2D eigenvalue weighted by atomic mass is 9.93. The molecule has 1 aromatic heterocycles. The van der Waals surface area contributed by atoms with Gasteiger partial charge in [-0.1, -0.05) is 35.5 Å². The van der Waals surface area contributed by atoms with Crippen molar-refractivity contribution in [2.45, 2.75) is 19.4 Å². The van der Waals surface area contributed by atoms with E-state index in [4.69, 9.17) is 10.9 Å². The highest BCUT2D eigenvalue weighted by molar-refractivity contribution is 5.98. The first kappa shape index (κ1) is 14.3. The number of nitrogens with one attached hydrogen (secondary N) is 1. The Morgan fingerprint density at radius 1 is 1.14 bits per heavy atom. The molecule has 0 aliphatic rings. The molecule has 3 rings (SSSR count). The molecule has 5 heteroatoms. The summed E-state index contributed by atoms with van der Waals surface area (Å²) in [6.45, 7) is 3.97. The van der Waals surface area contributed by atoms with Gasteiger partial charge < -0.3 is 10.9 Å². The Bertz CT molecular complexity index is 826. The van der Waals surface area contributed by atoms with Gasteiger partial charge in [0.25, 0.3) is 0 Å². The minimum absolute atomic E-state index is 0.349. The van der Waals surface area contributed by atoms with Crippen LogP contribution in [0.3, 0.4) is 0 Å². The molecule has 0 aliphatic carbocycles. The van der Waals surface area contributed by atoms with Gasteiger partial charge in [0.1, 0.15) is 0 Å². The minimum atomic E-state index is -0.349. The van der Waals surface area contributed by atoms with E-state index in [9.17, 15) is 0 Å². The third-order valence-electron chi connectivity index (χ3n) is 3.73. The molecule has 0 bridgehead atoms. The van der Waals surface area contributed by atoms with E-state index in [1.54, 1.807) is 0 Å². The molecule has 22 heavy (non-hydrogen) atoms. The van der Waals surface area contributed by atoms with Crippen LogP contribution in [0.15, 0.2) is 47.6 Å². The van der Waals surface area contributed by atoms with Crippen LogP contribution in [0.4, 0.5) is 0 Å². The molecule has 2 aromatic carbocycles. The first-order valence-electron chi connectivity index (χ1n) is 7.04. The smallest absolute Gasteiger partial charge is 0.0928 e. The first-order valence-corrected chi connectivity index (χ1v) is 7.04. The van der Waals surface area contributed by atoms with Gasteiger partial charge in [0.05, 0.1) is 17.4 Å². The maximum absolute atomic E-state index is 8.70. The number of nitrogens with zero attached hydrogens (tertiary/aromatic N) is 2. The summed E-state index contributed by atoms with van der Waals surface area (Å²) >= 11 is 0. The summed E-state index contributed by atoms with van der Waals surface area (Å²) in [6.07, 6.45) is 1.35. The Morgan fingerprint density at radius 3 is 2.45 bits per heavy atom. The average molecular weight is 294 g/mol. The Kier molecular flexibility index (Phi) is 3.42. The number of nitrogens with two attached hydrogens (primary N) is 1. The molecule has 0 saturated heterocycles. The number of oxime groups is 1. The molecule has 112 valence electrons. The molecule has 0 atom stereocenters. The molecule has 0 amide bonds. The SMILES string of the molecule is CC(C)(N)c1ccc(-c2ccc3n[nH]c(/C=N\O)c3c2)cc1. The van der Waals surface area contributed by atoms with Gasteiger partial charge in [0.15, 0.2) is 0 Å². The highest BCUT2D eigenvalue weighted by atomic mass is 16.4. The Hall–Kier alpha value is -2.66. The van der Waals surface area contributed by atoms with Crippen LogP contribution in [0.1, 0.15) is 25.1 Å². The van der Waals surface area contributed by atoms with Crippen LogP contribution < -0.4 is 5.73 Å². The summed E-state index contributed by atoms with van der Waals surface area (Å²) in [5.41, 5.74) is 10.5. The van der Waals surface area contributed by atoms with Crippen LogP contribution >= 0.6 is 0 Å². The van der Waals surface area contributed by atoms with Gasteiger partial charge in [-0.2, -0.15) is 5.10 Å². The summed E-state index contributed by atoms with van der Waals surface area (Å²) in [7, 11) is 0. The van der Waals surface area contributed by atoms with Crippen molar-refractivity contribution in [3.05, 3.63) is 53.7 Å². The summed E-state index contributed by atoms with van der Waals surface area (Å²) in [6, 6.07) is 14.2. The van der Waals surface area contributed by atoms with Gasteiger partial charge in [-0.15, -0.1) is 0 Å². The van der Waals surface area contributed by atoms with E-state index < -0.39 is 0 Å². The fourth-order valence-corrected chi connectivity index (χ4v) is 2.46.